The summed E-state index contributed by atoms with van der Waals surface area (Å²) in [4.78, 5) is 12.1. The zero-order valence-corrected chi connectivity index (χ0v) is 17.3. The highest BCUT2D eigenvalue weighted by Crippen LogP contribution is 2.20. The molecule has 1 aromatic heterocycles. The molecule has 6 nitrogen and oxygen atoms in total. The van der Waals surface area contributed by atoms with Gasteiger partial charge in [0, 0.05) is 25.7 Å². The van der Waals surface area contributed by atoms with Crippen LogP contribution in [0.4, 0.5) is 0 Å². The molecular formula is C21H34N6. The molecule has 6 heteroatoms. The number of aromatic nitrogens is 2. The van der Waals surface area contributed by atoms with E-state index < -0.39 is 0 Å². The summed E-state index contributed by atoms with van der Waals surface area (Å²) in [5.41, 5.74) is 2.29. The topological polar surface area (TPSA) is 57.5 Å². The van der Waals surface area contributed by atoms with Gasteiger partial charge in [0.25, 0.3) is 0 Å². The summed E-state index contributed by atoms with van der Waals surface area (Å²) in [6.45, 7) is 11.4. The van der Waals surface area contributed by atoms with Crippen LogP contribution >= 0.6 is 0 Å². The molecule has 0 saturated carbocycles. The Balaban J connectivity index is 1.66. The predicted molar refractivity (Wildman–Crippen MR) is 113 cm³/mol. The number of likely N-dealkylation sites (tertiary alicyclic amines) is 1. The van der Waals surface area contributed by atoms with E-state index in [1.54, 1.807) is 0 Å². The summed E-state index contributed by atoms with van der Waals surface area (Å²) >= 11 is 0. The van der Waals surface area contributed by atoms with Crippen molar-refractivity contribution < 1.29 is 0 Å². The van der Waals surface area contributed by atoms with E-state index in [-0.39, 0.29) is 5.54 Å². The van der Waals surface area contributed by atoms with Crippen LogP contribution in [0, 0.1) is 0 Å². The molecule has 0 bridgehead atoms. The van der Waals surface area contributed by atoms with Gasteiger partial charge < -0.3 is 15.2 Å². The van der Waals surface area contributed by atoms with Crippen molar-refractivity contribution in [1.29, 1.82) is 0 Å². The molecule has 0 unspecified atom stereocenters. The lowest BCUT2D eigenvalue weighted by Crippen LogP contribution is -2.54. The van der Waals surface area contributed by atoms with Crippen molar-refractivity contribution in [2.75, 3.05) is 26.2 Å². The van der Waals surface area contributed by atoms with Crippen molar-refractivity contribution in [1.82, 2.24) is 25.1 Å². The fraction of sp³-hybridized carbons (Fsp3) is 0.619. The molecule has 1 saturated heterocycles. The predicted octanol–water partition coefficient (Wildman–Crippen LogP) is 2.89. The lowest BCUT2D eigenvalue weighted by Gasteiger charge is -2.41. The average molecular weight is 371 g/mol. The van der Waals surface area contributed by atoms with Gasteiger partial charge >= 0.3 is 0 Å². The molecule has 0 amide bonds. The van der Waals surface area contributed by atoms with Crippen molar-refractivity contribution in [2.45, 2.75) is 52.1 Å². The first-order chi connectivity index (χ1) is 13.0. The Labute approximate surface area is 163 Å². The summed E-state index contributed by atoms with van der Waals surface area (Å²) in [6, 6.07) is 8.22. The molecule has 1 fully saturated rings. The number of aliphatic imine (C=N–C) groups is 1. The Morgan fingerprint density at radius 1 is 1.15 bits per heavy atom. The molecule has 0 atom stereocenters. The number of aryl methyl sites for hydroxylation is 1. The fourth-order valence-corrected chi connectivity index (χ4v) is 3.74. The standard InChI is InChI=1S/C21H34N6/c1-5-22-20(24-16-21(2,3)27-13-9-6-10-14-27)23-15-19-25-17-11-7-8-12-18(17)26(19)4/h7-8,11-12H,5-6,9-10,13-16H2,1-4H3,(H2,22,23,24). The number of para-hydroxylation sites is 2. The van der Waals surface area contributed by atoms with E-state index in [1.165, 1.54) is 32.4 Å². The number of guanidine groups is 1. The molecule has 1 aromatic carbocycles. The SMILES string of the molecule is CCNC(=NCc1nc2ccccc2n1C)NCC(C)(C)N1CCCCC1. The van der Waals surface area contributed by atoms with E-state index in [1.807, 2.05) is 18.2 Å². The number of nitrogens with one attached hydrogen (secondary N) is 2. The number of piperidine rings is 1. The number of hydrogen-bond donors (Lipinski definition) is 2. The molecule has 1 aliphatic heterocycles. The van der Waals surface area contributed by atoms with Gasteiger partial charge in [0.15, 0.2) is 5.96 Å². The van der Waals surface area contributed by atoms with Gasteiger partial charge in [-0.1, -0.05) is 18.6 Å². The maximum atomic E-state index is 4.78. The van der Waals surface area contributed by atoms with Crippen LogP contribution in [0.3, 0.4) is 0 Å². The highest BCUT2D eigenvalue weighted by atomic mass is 15.2. The smallest absolute Gasteiger partial charge is 0.191 e. The van der Waals surface area contributed by atoms with Crippen LogP contribution < -0.4 is 10.6 Å². The maximum Gasteiger partial charge on any atom is 0.191 e. The number of hydrogen-bond acceptors (Lipinski definition) is 3. The van der Waals surface area contributed by atoms with E-state index in [2.05, 4.69) is 54.0 Å². The molecule has 27 heavy (non-hydrogen) atoms. The third-order valence-electron chi connectivity index (χ3n) is 5.50. The lowest BCUT2D eigenvalue weighted by molar-refractivity contribution is 0.0982. The van der Waals surface area contributed by atoms with E-state index in [0.29, 0.717) is 6.54 Å². The van der Waals surface area contributed by atoms with Gasteiger partial charge in [0.1, 0.15) is 12.4 Å². The van der Waals surface area contributed by atoms with Gasteiger partial charge in [0.2, 0.25) is 0 Å². The molecule has 2 N–H and O–H groups in total. The molecule has 2 heterocycles. The van der Waals surface area contributed by atoms with Crippen LogP contribution in [0.15, 0.2) is 29.3 Å². The molecule has 2 aromatic rings. The zero-order valence-electron chi connectivity index (χ0n) is 17.3. The van der Waals surface area contributed by atoms with Crippen LogP contribution in [0.1, 0.15) is 45.9 Å². The monoisotopic (exact) mass is 370 g/mol. The maximum absolute atomic E-state index is 4.78. The van der Waals surface area contributed by atoms with Crippen molar-refractivity contribution >= 4 is 17.0 Å². The normalized spacial score (nSPS) is 16.7. The third-order valence-corrected chi connectivity index (χ3v) is 5.50. The first-order valence-electron chi connectivity index (χ1n) is 10.2. The number of fused-ring (bicyclic) bond motifs is 1. The minimum atomic E-state index is 0.120. The van der Waals surface area contributed by atoms with Gasteiger partial charge in [-0.25, -0.2) is 9.98 Å². The second-order valence-corrected chi connectivity index (χ2v) is 7.98. The van der Waals surface area contributed by atoms with E-state index in [4.69, 9.17) is 9.98 Å². The fourth-order valence-electron chi connectivity index (χ4n) is 3.74. The minimum Gasteiger partial charge on any atom is -0.357 e. The summed E-state index contributed by atoms with van der Waals surface area (Å²) in [5, 5.41) is 6.91. The largest absolute Gasteiger partial charge is 0.357 e. The first kappa shape index (κ1) is 19.7. The molecule has 0 radical (unpaired) electrons. The molecule has 148 valence electrons. The quantitative estimate of drug-likeness (QED) is 0.606. The average Bonchev–Trinajstić information content (AvgIpc) is 3.01. The van der Waals surface area contributed by atoms with E-state index in [0.717, 1.165) is 35.9 Å². The molecule has 1 aliphatic rings. The highest BCUT2D eigenvalue weighted by molar-refractivity contribution is 5.80. The van der Waals surface area contributed by atoms with Crippen LogP contribution in [0.2, 0.25) is 0 Å². The number of imidazole rings is 1. The molecular weight excluding hydrogens is 336 g/mol. The summed E-state index contributed by atoms with van der Waals surface area (Å²) in [5.74, 6) is 1.83. The first-order valence-corrected chi connectivity index (χ1v) is 10.2. The third kappa shape index (κ3) is 4.80. The molecule has 0 aliphatic carbocycles. The van der Waals surface area contributed by atoms with Crippen molar-refractivity contribution in [3.05, 3.63) is 30.1 Å². The van der Waals surface area contributed by atoms with Crippen molar-refractivity contribution in [3.8, 4) is 0 Å². The van der Waals surface area contributed by atoms with Crippen LogP contribution in [0.5, 0.6) is 0 Å². The van der Waals surface area contributed by atoms with Gasteiger partial charge in [-0.2, -0.15) is 0 Å². The Bertz CT molecular complexity index is 770. The highest BCUT2D eigenvalue weighted by Gasteiger charge is 2.27. The zero-order chi connectivity index (χ0) is 19.3. The Morgan fingerprint density at radius 3 is 2.59 bits per heavy atom. The van der Waals surface area contributed by atoms with Gasteiger partial charge in [-0.05, 0) is 58.8 Å². The Hall–Kier alpha value is -2.08. The van der Waals surface area contributed by atoms with E-state index in [9.17, 15) is 0 Å². The number of nitrogens with zero attached hydrogens (tertiary/aromatic N) is 4. The number of benzene rings is 1. The summed E-state index contributed by atoms with van der Waals surface area (Å²) in [6.07, 6.45) is 3.98. The number of rotatable bonds is 6. The van der Waals surface area contributed by atoms with Gasteiger partial charge in [-0.15, -0.1) is 0 Å². The van der Waals surface area contributed by atoms with Gasteiger partial charge in [-0.3, -0.25) is 4.90 Å². The van der Waals surface area contributed by atoms with E-state index >= 15 is 0 Å². The summed E-state index contributed by atoms with van der Waals surface area (Å²) < 4.78 is 2.13. The minimum absolute atomic E-state index is 0.120. The van der Waals surface area contributed by atoms with Crippen molar-refractivity contribution in [2.24, 2.45) is 12.0 Å². The van der Waals surface area contributed by atoms with Crippen molar-refractivity contribution in [3.63, 3.8) is 0 Å². The van der Waals surface area contributed by atoms with Crippen LogP contribution in [-0.4, -0.2) is 52.1 Å². The second-order valence-electron chi connectivity index (χ2n) is 7.98. The summed E-state index contributed by atoms with van der Waals surface area (Å²) in [7, 11) is 2.06. The Kier molecular flexibility index (Phi) is 6.37. The van der Waals surface area contributed by atoms with Crippen LogP contribution in [-0.2, 0) is 13.6 Å². The van der Waals surface area contributed by atoms with Gasteiger partial charge in [0.05, 0.1) is 11.0 Å². The lowest BCUT2D eigenvalue weighted by atomic mass is 9.98. The Morgan fingerprint density at radius 2 is 1.89 bits per heavy atom. The second kappa shape index (κ2) is 8.74. The van der Waals surface area contributed by atoms with Crippen LogP contribution in [0.25, 0.3) is 11.0 Å². The molecule has 0 spiro atoms. The molecule has 3 rings (SSSR count).